The van der Waals surface area contributed by atoms with Gasteiger partial charge in [0.2, 0.25) is 0 Å². The Hall–Kier alpha value is -5.19. The molecule has 0 radical (unpaired) electrons. The maximum absolute atomic E-state index is 5.27. The highest BCUT2D eigenvalue weighted by molar-refractivity contribution is 7.25. The van der Waals surface area contributed by atoms with Crippen LogP contribution in [0, 0.1) is 0 Å². The molecule has 0 saturated carbocycles. The topological polar surface area (TPSA) is 38.7 Å². The zero-order valence-electron chi connectivity index (χ0n) is 28.3. The van der Waals surface area contributed by atoms with Gasteiger partial charge in [0.1, 0.15) is 0 Å². The third-order valence-corrected chi connectivity index (χ3v) is 11.7. The molecule has 0 spiro atoms. The molecule has 1 aliphatic carbocycles. The van der Waals surface area contributed by atoms with Crippen molar-refractivity contribution in [2.75, 3.05) is 0 Å². The van der Waals surface area contributed by atoms with E-state index in [4.69, 9.17) is 15.0 Å². The highest BCUT2D eigenvalue weighted by Gasteiger charge is 2.37. The summed E-state index contributed by atoms with van der Waals surface area (Å²) in [6.07, 6.45) is 2.33. The molecule has 6 aromatic carbocycles. The first-order valence-corrected chi connectivity index (χ1v) is 18.0. The van der Waals surface area contributed by atoms with Crippen molar-refractivity contribution >= 4 is 42.3 Å². The minimum atomic E-state index is 0.0769. The Morgan fingerprint density at radius 1 is 0.469 bits per heavy atom. The molecule has 0 aliphatic heterocycles. The Morgan fingerprint density at radius 2 is 1.06 bits per heavy atom. The molecular weight excluding hydrogens is 615 g/mol. The SMILES string of the molecule is CC1(C)CCC(C)(C)c2cc(-c3nc(-c4cccc(-c5cccc6ccccc56)c4)nc(-c4cccc5sc6ccccc6c45)n3)ccc21. The van der Waals surface area contributed by atoms with E-state index in [1.807, 2.05) is 11.3 Å². The van der Waals surface area contributed by atoms with Crippen molar-refractivity contribution in [3.63, 3.8) is 0 Å². The molecule has 0 unspecified atom stereocenters. The third-order valence-electron chi connectivity index (χ3n) is 10.6. The summed E-state index contributed by atoms with van der Waals surface area (Å²) in [5.74, 6) is 2.08. The van der Waals surface area contributed by atoms with Gasteiger partial charge in [-0.3, -0.25) is 0 Å². The van der Waals surface area contributed by atoms with E-state index in [0.29, 0.717) is 17.5 Å². The van der Waals surface area contributed by atoms with Crippen LogP contribution in [0.25, 0.3) is 76.2 Å². The van der Waals surface area contributed by atoms with Crippen LogP contribution in [-0.4, -0.2) is 15.0 Å². The molecule has 4 heteroatoms. The summed E-state index contributed by atoms with van der Waals surface area (Å²) >= 11 is 1.82. The Bertz CT molecular complexity index is 2570. The molecule has 3 nitrogen and oxygen atoms in total. The minimum Gasteiger partial charge on any atom is -0.208 e. The first-order valence-electron chi connectivity index (χ1n) is 17.2. The molecule has 0 fully saturated rings. The smallest absolute Gasteiger partial charge is 0.164 e. The molecule has 0 saturated heterocycles. The monoisotopic (exact) mass is 651 g/mol. The fourth-order valence-corrected chi connectivity index (χ4v) is 8.88. The van der Waals surface area contributed by atoms with Gasteiger partial charge >= 0.3 is 0 Å². The van der Waals surface area contributed by atoms with Gasteiger partial charge in [0, 0.05) is 36.9 Å². The van der Waals surface area contributed by atoms with E-state index < -0.39 is 0 Å². The van der Waals surface area contributed by atoms with Crippen molar-refractivity contribution in [3.05, 3.63) is 139 Å². The van der Waals surface area contributed by atoms with Gasteiger partial charge in [-0.2, -0.15) is 0 Å². The summed E-state index contributed by atoms with van der Waals surface area (Å²) in [6.45, 7) is 9.48. The molecule has 2 heterocycles. The lowest BCUT2D eigenvalue weighted by molar-refractivity contribution is 0.332. The van der Waals surface area contributed by atoms with Crippen molar-refractivity contribution in [2.24, 2.45) is 0 Å². The maximum Gasteiger partial charge on any atom is 0.164 e. The largest absolute Gasteiger partial charge is 0.208 e. The van der Waals surface area contributed by atoms with E-state index in [-0.39, 0.29) is 10.8 Å². The molecule has 238 valence electrons. The number of hydrogen-bond donors (Lipinski definition) is 0. The molecule has 8 aromatic rings. The summed E-state index contributed by atoms with van der Waals surface area (Å²) < 4.78 is 2.50. The molecule has 49 heavy (non-hydrogen) atoms. The van der Waals surface area contributed by atoms with E-state index in [9.17, 15) is 0 Å². The summed E-state index contributed by atoms with van der Waals surface area (Å²) in [7, 11) is 0. The van der Waals surface area contributed by atoms with Crippen LogP contribution in [0.1, 0.15) is 51.7 Å². The molecule has 0 bridgehead atoms. The molecule has 0 amide bonds. The lowest BCUT2D eigenvalue weighted by Gasteiger charge is -2.42. The van der Waals surface area contributed by atoms with Crippen molar-refractivity contribution in [2.45, 2.75) is 51.4 Å². The zero-order valence-corrected chi connectivity index (χ0v) is 29.1. The second-order valence-electron chi connectivity index (χ2n) is 14.7. The van der Waals surface area contributed by atoms with E-state index >= 15 is 0 Å². The fourth-order valence-electron chi connectivity index (χ4n) is 7.75. The van der Waals surface area contributed by atoms with Gasteiger partial charge in [-0.25, -0.2) is 15.0 Å². The predicted octanol–water partition coefficient (Wildman–Crippen LogP) is 12.4. The highest BCUT2D eigenvalue weighted by Crippen LogP contribution is 2.47. The summed E-state index contributed by atoms with van der Waals surface area (Å²) in [4.78, 5) is 15.8. The summed E-state index contributed by atoms with van der Waals surface area (Å²) in [5.41, 5.74) is 8.41. The minimum absolute atomic E-state index is 0.0769. The van der Waals surface area contributed by atoms with Gasteiger partial charge in [0.05, 0.1) is 0 Å². The highest BCUT2D eigenvalue weighted by atomic mass is 32.1. The van der Waals surface area contributed by atoms with E-state index in [1.54, 1.807) is 0 Å². The molecule has 1 aliphatic rings. The van der Waals surface area contributed by atoms with Crippen LogP contribution < -0.4 is 0 Å². The average Bonchev–Trinajstić information content (AvgIpc) is 3.52. The van der Waals surface area contributed by atoms with Crippen LogP contribution in [0.4, 0.5) is 0 Å². The fraction of sp³-hybridized carbons (Fsp3) is 0.178. The Balaban J connectivity index is 1.27. The Labute approximate surface area is 291 Å². The number of rotatable bonds is 4. The number of fused-ring (bicyclic) bond motifs is 5. The van der Waals surface area contributed by atoms with Gasteiger partial charge in [0.15, 0.2) is 17.5 Å². The second-order valence-corrected chi connectivity index (χ2v) is 15.8. The van der Waals surface area contributed by atoms with Crippen molar-refractivity contribution < 1.29 is 0 Å². The first-order chi connectivity index (χ1) is 23.7. The lowest BCUT2D eigenvalue weighted by Crippen LogP contribution is -2.33. The van der Waals surface area contributed by atoms with Crippen molar-refractivity contribution in [1.82, 2.24) is 15.0 Å². The molecular formula is C45H37N3S. The molecule has 2 aromatic heterocycles. The van der Waals surface area contributed by atoms with Crippen LogP contribution in [0.2, 0.25) is 0 Å². The Morgan fingerprint density at radius 3 is 1.90 bits per heavy atom. The van der Waals surface area contributed by atoms with Gasteiger partial charge in [-0.15, -0.1) is 11.3 Å². The second kappa shape index (κ2) is 11.2. The quantitative estimate of drug-likeness (QED) is 0.190. The van der Waals surface area contributed by atoms with Crippen molar-refractivity contribution in [3.8, 4) is 45.3 Å². The normalized spacial score (nSPS) is 15.1. The molecule has 9 rings (SSSR count). The predicted molar refractivity (Wildman–Crippen MR) is 207 cm³/mol. The van der Waals surface area contributed by atoms with Crippen LogP contribution in [0.5, 0.6) is 0 Å². The van der Waals surface area contributed by atoms with Gasteiger partial charge in [-0.1, -0.05) is 131 Å². The van der Waals surface area contributed by atoms with E-state index in [2.05, 4.69) is 155 Å². The van der Waals surface area contributed by atoms with E-state index in [1.165, 1.54) is 54.1 Å². The third kappa shape index (κ3) is 5.05. The van der Waals surface area contributed by atoms with Crippen molar-refractivity contribution in [1.29, 1.82) is 0 Å². The lowest BCUT2D eigenvalue weighted by atomic mass is 9.63. The van der Waals surface area contributed by atoms with Gasteiger partial charge in [-0.05, 0) is 81.0 Å². The molecule has 0 N–H and O–H groups in total. The number of aromatic nitrogens is 3. The standard InChI is InChI=1S/C45H37N3S/c1-44(2)24-25-45(3,4)37-27-31(22-23-36(37)44)42-46-41(30-15-9-14-29(26-30)33-18-10-13-28-12-5-6-16-32(28)33)47-43(48-42)35-19-11-21-39-40(35)34-17-7-8-20-38(34)49-39/h5-23,26-27H,24-25H2,1-4H3. The number of thiophene rings is 1. The average molecular weight is 652 g/mol. The molecule has 0 atom stereocenters. The number of nitrogens with zero attached hydrogens (tertiary/aromatic N) is 3. The maximum atomic E-state index is 5.27. The number of hydrogen-bond acceptors (Lipinski definition) is 4. The number of benzene rings is 6. The Kier molecular flexibility index (Phi) is 6.83. The summed E-state index contributed by atoms with van der Waals surface area (Å²) in [6, 6.07) is 45.7. The first kappa shape index (κ1) is 29.9. The summed E-state index contributed by atoms with van der Waals surface area (Å²) in [5, 5.41) is 4.89. The van der Waals surface area contributed by atoms with Crippen LogP contribution >= 0.6 is 11.3 Å². The van der Waals surface area contributed by atoms with Crippen LogP contribution in [0.15, 0.2) is 127 Å². The van der Waals surface area contributed by atoms with Crippen LogP contribution in [0.3, 0.4) is 0 Å². The van der Waals surface area contributed by atoms with Crippen LogP contribution in [-0.2, 0) is 10.8 Å². The van der Waals surface area contributed by atoms with E-state index in [0.717, 1.165) is 28.7 Å². The van der Waals surface area contributed by atoms with Gasteiger partial charge < -0.3 is 0 Å². The van der Waals surface area contributed by atoms with Gasteiger partial charge in [0.25, 0.3) is 0 Å². The zero-order chi connectivity index (χ0) is 33.3.